The van der Waals surface area contributed by atoms with Gasteiger partial charge in [-0.25, -0.2) is 13.9 Å². The van der Waals surface area contributed by atoms with Crippen molar-refractivity contribution in [3.8, 4) is 11.3 Å². The molecule has 0 radical (unpaired) electrons. The highest BCUT2D eigenvalue weighted by atomic mass is 19.1. The molecule has 2 aromatic rings. The lowest BCUT2D eigenvalue weighted by Gasteiger charge is -2.44. The van der Waals surface area contributed by atoms with Crippen LogP contribution in [0, 0.1) is 18.7 Å². The van der Waals surface area contributed by atoms with E-state index in [1.807, 2.05) is 0 Å². The molecule has 2 fully saturated rings. The van der Waals surface area contributed by atoms with Crippen LogP contribution in [0.15, 0.2) is 29.6 Å². The fraction of sp³-hybridized carbons (Fsp3) is 0.615. The number of benzene rings is 1. The number of aromatic nitrogens is 3. The van der Waals surface area contributed by atoms with E-state index in [4.69, 9.17) is 14.3 Å². The molecule has 13 heteroatoms. The van der Waals surface area contributed by atoms with E-state index in [2.05, 4.69) is 15.5 Å². The van der Waals surface area contributed by atoms with Gasteiger partial charge in [0.05, 0.1) is 24.6 Å². The van der Waals surface area contributed by atoms with Gasteiger partial charge in [-0.3, -0.25) is 0 Å². The maximum Gasteiger partial charge on any atom is 0.407 e. The van der Waals surface area contributed by atoms with E-state index in [9.17, 15) is 24.5 Å². The van der Waals surface area contributed by atoms with Gasteiger partial charge in [0, 0.05) is 44.5 Å². The minimum atomic E-state index is -1.14. The Morgan fingerprint density at radius 1 is 1.26 bits per heavy atom. The summed E-state index contributed by atoms with van der Waals surface area (Å²) >= 11 is 0. The number of carbonyl (C=O) groups is 1. The summed E-state index contributed by atoms with van der Waals surface area (Å²) in [6.07, 6.45) is -0.455. The number of ether oxygens (including phenoxy) is 2. The van der Waals surface area contributed by atoms with Gasteiger partial charge >= 0.3 is 6.09 Å². The number of halogens is 1. The minimum Gasteiger partial charge on any atom is -0.465 e. The van der Waals surface area contributed by atoms with Crippen LogP contribution in [0.1, 0.15) is 37.3 Å². The standard InChI is InChI=1S/C26H34FN5O7/c1-14-3-4-16(9-18(14)27)20-12-32(30-28-20)23-24(34)22(13-33)38-21(25(23)37-2)11-17-10-19(29-39-17)15-5-7-31(8-6-15)26(35)36/h3-4,9,12,15,17,21-25,33-34H,5-8,10-11,13H2,1-2H3,(H,35,36)/t17?,21-,22-,23+,24+,25+/m1/s1. The fourth-order valence-electron chi connectivity index (χ4n) is 5.74. The summed E-state index contributed by atoms with van der Waals surface area (Å²) < 4.78 is 27.5. The van der Waals surface area contributed by atoms with Crippen molar-refractivity contribution in [1.82, 2.24) is 19.9 Å². The Hall–Kier alpha value is -3.13. The number of methoxy groups -OCH3 is 1. The van der Waals surface area contributed by atoms with Crippen molar-refractivity contribution >= 4 is 11.8 Å². The van der Waals surface area contributed by atoms with Crippen molar-refractivity contribution in [2.45, 2.75) is 69.2 Å². The van der Waals surface area contributed by atoms with Gasteiger partial charge in [0.1, 0.15) is 42.0 Å². The van der Waals surface area contributed by atoms with Crippen LogP contribution in [-0.4, -0.2) is 104 Å². The second-order valence-corrected chi connectivity index (χ2v) is 10.4. The van der Waals surface area contributed by atoms with E-state index in [1.165, 1.54) is 22.8 Å². The molecule has 1 aromatic carbocycles. The van der Waals surface area contributed by atoms with Crippen LogP contribution in [0.5, 0.6) is 0 Å². The first-order valence-electron chi connectivity index (χ1n) is 13.1. The highest BCUT2D eigenvalue weighted by molar-refractivity contribution is 5.88. The Labute approximate surface area is 224 Å². The lowest BCUT2D eigenvalue weighted by atomic mass is 9.86. The molecule has 3 aliphatic rings. The van der Waals surface area contributed by atoms with Crippen molar-refractivity contribution < 1.29 is 38.8 Å². The van der Waals surface area contributed by atoms with E-state index in [1.54, 1.807) is 25.3 Å². The number of oxime groups is 1. The summed E-state index contributed by atoms with van der Waals surface area (Å²) in [4.78, 5) is 18.3. The van der Waals surface area contributed by atoms with Gasteiger partial charge in [-0.2, -0.15) is 0 Å². The van der Waals surface area contributed by atoms with E-state index in [-0.39, 0.29) is 17.8 Å². The Morgan fingerprint density at radius 3 is 2.69 bits per heavy atom. The third kappa shape index (κ3) is 5.62. The van der Waals surface area contributed by atoms with Gasteiger partial charge in [0.25, 0.3) is 0 Å². The molecule has 0 saturated carbocycles. The summed E-state index contributed by atoms with van der Waals surface area (Å²) in [7, 11) is 1.51. The lowest BCUT2D eigenvalue weighted by Crippen LogP contribution is -2.57. The highest BCUT2D eigenvalue weighted by Gasteiger charge is 2.48. The van der Waals surface area contributed by atoms with Gasteiger partial charge in [0.15, 0.2) is 0 Å². The number of carboxylic acid groups (broad SMARTS) is 1. The van der Waals surface area contributed by atoms with Gasteiger partial charge in [0.2, 0.25) is 0 Å². The Morgan fingerprint density at radius 2 is 2.03 bits per heavy atom. The van der Waals surface area contributed by atoms with Crippen LogP contribution in [-0.2, 0) is 14.3 Å². The Kier molecular flexibility index (Phi) is 8.12. The monoisotopic (exact) mass is 547 g/mol. The minimum absolute atomic E-state index is 0.163. The summed E-state index contributed by atoms with van der Waals surface area (Å²) in [6.45, 7) is 2.20. The summed E-state index contributed by atoms with van der Waals surface area (Å²) in [5, 5.41) is 42.9. The molecule has 3 N–H and O–H groups in total. The predicted molar refractivity (Wildman–Crippen MR) is 136 cm³/mol. The third-order valence-corrected chi connectivity index (χ3v) is 8.01. The fourth-order valence-corrected chi connectivity index (χ4v) is 5.74. The molecule has 1 unspecified atom stereocenters. The molecule has 39 heavy (non-hydrogen) atoms. The SMILES string of the molecule is CO[C@@H]1[C@@H](n2cc(-c3ccc(C)c(F)c3)nn2)[C@@H](O)[C@@H](CO)O[C@@H]1CC1CC(C2CCN(C(=O)O)CC2)=NO1. The zero-order valence-electron chi connectivity index (χ0n) is 21.9. The maximum atomic E-state index is 14.1. The van der Waals surface area contributed by atoms with Gasteiger partial charge < -0.3 is 34.5 Å². The third-order valence-electron chi connectivity index (χ3n) is 8.01. The average Bonchev–Trinajstić information content (AvgIpc) is 3.61. The Bertz CT molecular complexity index is 1200. The van der Waals surface area contributed by atoms with Crippen molar-refractivity contribution in [2.75, 3.05) is 26.8 Å². The number of hydrogen-bond donors (Lipinski definition) is 3. The van der Waals surface area contributed by atoms with Crippen LogP contribution in [0.4, 0.5) is 9.18 Å². The normalized spacial score (nSPS) is 29.8. The van der Waals surface area contributed by atoms with E-state index < -0.39 is 43.2 Å². The molecule has 1 amide bonds. The first-order chi connectivity index (χ1) is 18.8. The van der Waals surface area contributed by atoms with Crippen molar-refractivity contribution in [3.63, 3.8) is 0 Å². The lowest BCUT2D eigenvalue weighted by molar-refractivity contribution is -0.219. The zero-order chi connectivity index (χ0) is 27.7. The van der Waals surface area contributed by atoms with Gasteiger partial charge in [-0.15, -0.1) is 5.10 Å². The van der Waals surface area contributed by atoms with Crippen LogP contribution >= 0.6 is 0 Å². The number of aryl methyl sites for hydroxylation is 1. The Balaban J connectivity index is 1.28. The van der Waals surface area contributed by atoms with Gasteiger partial charge in [-0.1, -0.05) is 22.5 Å². The summed E-state index contributed by atoms with van der Waals surface area (Å²) in [6, 6.07) is 4.07. The molecular formula is C26H34FN5O7. The molecule has 6 atom stereocenters. The van der Waals surface area contributed by atoms with Crippen LogP contribution in [0.25, 0.3) is 11.3 Å². The van der Waals surface area contributed by atoms with Gasteiger partial charge in [-0.05, 0) is 31.4 Å². The molecule has 5 rings (SSSR count). The van der Waals surface area contributed by atoms with E-state index >= 15 is 0 Å². The van der Waals surface area contributed by atoms with Crippen molar-refractivity contribution in [1.29, 1.82) is 0 Å². The van der Waals surface area contributed by atoms with E-state index in [0.29, 0.717) is 55.6 Å². The maximum absolute atomic E-state index is 14.1. The summed E-state index contributed by atoms with van der Waals surface area (Å²) in [5.74, 6) is -0.190. The molecule has 1 aromatic heterocycles. The number of nitrogens with zero attached hydrogens (tertiary/aromatic N) is 5. The van der Waals surface area contributed by atoms with Crippen molar-refractivity contribution in [3.05, 3.63) is 35.8 Å². The molecule has 3 aliphatic heterocycles. The second-order valence-electron chi connectivity index (χ2n) is 10.4. The average molecular weight is 548 g/mol. The van der Waals surface area contributed by atoms with Crippen molar-refractivity contribution in [2.24, 2.45) is 11.1 Å². The predicted octanol–water partition coefficient (Wildman–Crippen LogP) is 1.99. The first-order valence-corrected chi connectivity index (χ1v) is 13.1. The summed E-state index contributed by atoms with van der Waals surface area (Å²) in [5.41, 5.74) is 2.42. The second kappa shape index (κ2) is 11.5. The quantitative estimate of drug-likeness (QED) is 0.473. The molecule has 4 heterocycles. The number of amides is 1. The molecule has 0 bridgehead atoms. The molecule has 0 spiro atoms. The number of aliphatic hydroxyl groups is 2. The van der Waals surface area contributed by atoms with Crippen LogP contribution in [0.2, 0.25) is 0 Å². The topological polar surface area (TPSA) is 152 Å². The molecule has 2 saturated heterocycles. The molecule has 0 aliphatic carbocycles. The molecule has 212 valence electrons. The number of rotatable bonds is 7. The first kappa shape index (κ1) is 27.4. The van der Waals surface area contributed by atoms with Crippen LogP contribution < -0.4 is 0 Å². The zero-order valence-corrected chi connectivity index (χ0v) is 21.9. The number of piperidine rings is 1. The molecule has 12 nitrogen and oxygen atoms in total. The van der Waals surface area contributed by atoms with E-state index in [0.717, 1.165) is 5.71 Å². The number of likely N-dealkylation sites (tertiary alicyclic amines) is 1. The highest BCUT2D eigenvalue weighted by Crippen LogP contribution is 2.36. The molecular weight excluding hydrogens is 513 g/mol. The number of hydrogen-bond acceptors (Lipinski definition) is 9. The van der Waals surface area contributed by atoms with Crippen LogP contribution in [0.3, 0.4) is 0 Å². The smallest absolute Gasteiger partial charge is 0.407 e. The number of aliphatic hydroxyl groups excluding tert-OH is 2. The largest absolute Gasteiger partial charge is 0.465 e.